The van der Waals surface area contributed by atoms with Crippen molar-refractivity contribution in [1.29, 1.82) is 0 Å². The molecule has 0 spiro atoms. The number of rotatable bonds is 4. The lowest BCUT2D eigenvalue weighted by atomic mass is 9.57. The molecule has 6 unspecified atom stereocenters. The van der Waals surface area contributed by atoms with Crippen LogP contribution in [0.2, 0.25) is 0 Å². The number of hydrogen-bond donors (Lipinski definition) is 1. The normalized spacial score (nSPS) is 31.2. The number of ether oxygens (including phenoxy) is 2. The van der Waals surface area contributed by atoms with Crippen LogP contribution in [0, 0.1) is 29.5 Å². The number of fused-ring (bicyclic) bond motifs is 4. The first-order chi connectivity index (χ1) is 20.9. The fourth-order valence-electron chi connectivity index (χ4n) is 6.92. The number of carbonyl (C=O) groups excluding carboxylic acids is 5. The average molecular weight is 643 g/mol. The summed E-state index contributed by atoms with van der Waals surface area (Å²) in [5.74, 6) is -7.60. The molecule has 0 radical (unpaired) electrons. The Morgan fingerprint density at radius 1 is 1.02 bits per heavy atom. The Bertz CT molecular complexity index is 1690. The number of nitrogens with zero attached hydrogens (tertiary/aromatic N) is 2. The number of imide groups is 4. The monoisotopic (exact) mass is 642 g/mol. The zero-order valence-electron chi connectivity index (χ0n) is 23.3. The molecule has 228 valence electrons. The number of benzene rings is 2. The number of alkyl halides is 2. The van der Waals surface area contributed by atoms with Crippen molar-refractivity contribution in [2.24, 2.45) is 23.7 Å². The Labute approximate surface area is 260 Å². The first-order valence-electron chi connectivity index (χ1n) is 13.6. The highest BCUT2D eigenvalue weighted by atomic mass is 35.5. The molecule has 0 aromatic heterocycles. The first kappa shape index (κ1) is 29.8. The molecule has 2 saturated heterocycles. The second-order valence-electron chi connectivity index (χ2n) is 11.1. The molecule has 1 N–H and O–H groups in total. The van der Waals surface area contributed by atoms with Crippen LogP contribution in [0.1, 0.15) is 18.4 Å². The van der Waals surface area contributed by atoms with Crippen LogP contribution in [-0.2, 0) is 23.9 Å². The van der Waals surface area contributed by atoms with E-state index < -0.39 is 69.0 Å². The van der Waals surface area contributed by atoms with E-state index in [4.69, 9.17) is 27.9 Å². The van der Waals surface area contributed by atoms with Gasteiger partial charge in [0.15, 0.2) is 21.2 Å². The highest BCUT2D eigenvalue weighted by Crippen LogP contribution is 2.63. The van der Waals surface area contributed by atoms with Crippen molar-refractivity contribution >= 4 is 64.7 Å². The lowest BCUT2D eigenvalue weighted by molar-refractivity contribution is -0.138. The molecule has 0 bridgehead atoms. The van der Waals surface area contributed by atoms with Gasteiger partial charge in [-0.25, -0.2) is 14.1 Å². The number of hydrogen-bond acceptors (Lipinski definition) is 8. The van der Waals surface area contributed by atoms with E-state index in [9.17, 15) is 33.5 Å². The molecule has 1 saturated carbocycles. The van der Waals surface area contributed by atoms with E-state index in [0.29, 0.717) is 16.0 Å². The maximum Gasteiger partial charge on any atom is 0.423 e. The maximum absolute atomic E-state index is 14.2. The van der Waals surface area contributed by atoms with Crippen molar-refractivity contribution in [3.8, 4) is 11.5 Å². The van der Waals surface area contributed by atoms with Gasteiger partial charge in [0.05, 0.1) is 31.7 Å². The Balaban J connectivity index is 1.50. The van der Waals surface area contributed by atoms with E-state index in [0.717, 1.165) is 24.1 Å². The van der Waals surface area contributed by atoms with Crippen molar-refractivity contribution in [1.82, 2.24) is 4.90 Å². The van der Waals surface area contributed by atoms with Gasteiger partial charge in [-0.3, -0.25) is 19.2 Å². The molecule has 10 nitrogen and oxygen atoms in total. The number of anilines is 1. The number of aromatic hydroxyl groups is 1. The molecule has 2 aromatic rings. The minimum absolute atomic E-state index is 0.0562. The van der Waals surface area contributed by atoms with Crippen LogP contribution >= 0.6 is 23.2 Å². The molecule has 2 aromatic carbocycles. The number of carbonyl (C=O) groups is 5. The van der Waals surface area contributed by atoms with Gasteiger partial charge < -0.3 is 14.6 Å². The predicted molar refractivity (Wildman–Crippen MR) is 155 cm³/mol. The van der Waals surface area contributed by atoms with Gasteiger partial charge in [0, 0.05) is 5.92 Å². The summed E-state index contributed by atoms with van der Waals surface area (Å²) in [5, 5.41) is 10.0. The van der Waals surface area contributed by atoms with Gasteiger partial charge in [0.1, 0.15) is 5.82 Å². The smallest absolute Gasteiger partial charge is 0.423 e. The van der Waals surface area contributed by atoms with E-state index in [1.165, 1.54) is 25.3 Å². The number of amides is 5. The Morgan fingerprint density at radius 3 is 2.39 bits per heavy atom. The standard InChI is InChI=1S/C31H25Cl2FN2O8/c1-43-23-13-15(4-12-22(23)37)3-11-21-18-9-10-19-24(26(39)36(25(19)38)29(42)44-2)20(18)14-30(32)27(40)35(28(41)31(21,30)33)17-7-5-16(34)6-8-17/h3-9,11-13,19-21,24,37H,10,14H2,1-2H3. The fraction of sp³-hybridized carbons (Fsp3) is 0.323. The molecule has 13 heteroatoms. The van der Waals surface area contributed by atoms with Crippen molar-refractivity contribution < 1.29 is 42.9 Å². The van der Waals surface area contributed by atoms with E-state index in [1.54, 1.807) is 30.4 Å². The van der Waals surface area contributed by atoms with Gasteiger partial charge in [-0.2, -0.15) is 4.90 Å². The van der Waals surface area contributed by atoms with Gasteiger partial charge in [0.2, 0.25) is 11.8 Å². The average Bonchev–Trinajstić information content (AvgIpc) is 3.35. The van der Waals surface area contributed by atoms with Crippen molar-refractivity contribution in [3.63, 3.8) is 0 Å². The highest BCUT2D eigenvalue weighted by Gasteiger charge is 2.76. The van der Waals surface area contributed by atoms with Gasteiger partial charge >= 0.3 is 6.09 Å². The summed E-state index contributed by atoms with van der Waals surface area (Å²) < 4.78 is 23.6. The number of phenols is 1. The summed E-state index contributed by atoms with van der Waals surface area (Å²) in [6.07, 6.45) is 3.57. The number of likely N-dealkylation sites (tertiary alicyclic amines) is 1. The third kappa shape index (κ3) is 4.02. The summed E-state index contributed by atoms with van der Waals surface area (Å²) in [6, 6.07) is 9.25. The zero-order valence-corrected chi connectivity index (χ0v) is 24.8. The van der Waals surface area contributed by atoms with Crippen LogP contribution in [0.5, 0.6) is 11.5 Å². The van der Waals surface area contributed by atoms with Gasteiger partial charge in [-0.1, -0.05) is 29.9 Å². The second kappa shape index (κ2) is 10.4. The molecule has 5 amide bonds. The number of halogens is 3. The number of phenolic OH excluding ortho intramolecular Hbond substituents is 1. The molecule has 44 heavy (non-hydrogen) atoms. The zero-order chi connectivity index (χ0) is 31.7. The van der Waals surface area contributed by atoms with Crippen molar-refractivity contribution in [3.05, 3.63) is 71.6 Å². The molecule has 2 aliphatic carbocycles. The number of allylic oxidation sites excluding steroid dienone is 3. The predicted octanol–water partition coefficient (Wildman–Crippen LogP) is 4.42. The molecule has 4 aliphatic rings. The summed E-state index contributed by atoms with van der Waals surface area (Å²) in [4.78, 5) is 64.5. The molecular formula is C31H25Cl2FN2O8. The summed E-state index contributed by atoms with van der Waals surface area (Å²) in [7, 11) is 2.44. The molecule has 2 aliphatic heterocycles. The van der Waals surface area contributed by atoms with Crippen LogP contribution in [0.15, 0.2) is 60.2 Å². The molecule has 6 rings (SSSR count). The summed E-state index contributed by atoms with van der Waals surface area (Å²) >= 11 is 14.4. The lowest BCUT2D eigenvalue weighted by Crippen LogP contribution is -2.60. The van der Waals surface area contributed by atoms with E-state index in [2.05, 4.69) is 4.74 Å². The quantitative estimate of drug-likeness (QED) is 0.295. The van der Waals surface area contributed by atoms with E-state index in [-0.39, 0.29) is 30.0 Å². The fourth-order valence-corrected chi connectivity index (χ4v) is 7.81. The number of methoxy groups -OCH3 is 2. The largest absolute Gasteiger partial charge is 0.504 e. The van der Waals surface area contributed by atoms with Crippen LogP contribution in [0.4, 0.5) is 14.9 Å². The van der Waals surface area contributed by atoms with Crippen molar-refractivity contribution in [2.45, 2.75) is 22.6 Å². The Kier molecular flexibility index (Phi) is 7.09. The van der Waals surface area contributed by atoms with Crippen LogP contribution < -0.4 is 9.64 Å². The molecule has 6 atom stereocenters. The third-order valence-corrected chi connectivity index (χ3v) is 10.4. The molecule has 3 fully saturated rings. The first-order valence-corrected chi connectivity index (χ1v) is 14.4. The van der Waals surface area contributed by atoms with Gasteiger partial charge in [-0.05, 0) is 60.7 Å². The Hall–Kier alpha value is -4.22. The highest BCUT2D eigenvalue weighted by molar-refractivity contribution is 6.58. The minimum atomic E-state index is -2.10. The lowest BCUT2D eigenvalue weighted by Gasteiger charge is -2.49. The SMILES string of the molecule is COC(=O)N1C(=O)C2CC=C3C(CC4(Cl)C(=O)N(c5ccc(F)cc5)C(=O)C4(Cl)C3C=Cc3ccc(O)c(OC)c3)C2C1=O. The van der Waals surface area contributed by atoms with Gasteiger partial charge in [-0.15, -0.1) is 23.2 Å². The maximum atomic E-state index is 14.2. The Morgan fingerprint density at radius 2 is 1.73 bits per heavy atom. The van der Waals surface area contributed by atoms with E-state index >= 15 is 0 Å². The van der Waals surface area contributed by atoms with Crippen LogP contribution in [0.25, 0.3) is 6.08 Å². The summed E-state index contributed by atoms with van der Waals surface area (Å²) in [6.45, 7) is 0. The van der Waals surface area contributed by atoms with Crippen LogP contribution in [0.3, 0.4) is 0 Å². The van der Waals surface area contributed by atoms with Crippen LogP contribution in [-0.4, -0.2) is 63.7 Å². The second-order valence-corrected chi connectivity index (χ2v) is 12.3. The van der Waals surface area contributed by atoms with Gasteiger partial charge in [0.25, 0.3) is 11.8 Å². The van der Waals surface area contributed by atoms with Crippen molar-refractivity contribution in [2.75, 3.05) is 19.1 Å². The van der Waals surface area contributed by atoms with E-state index in [1.807, 2.05) is 0 Å². The third-order valence-electron chi connectivity index (χ3n) is 8.99. The minimum Gasteiger partial charge on any atom is -0.504 e. The topological polar surface area (TPSA) is 131 Å². The molecular weight excluding hydrogens is 618 g/mol. The summed E-state index contributed by atoms with van der Waals surface area (Å²) in [5.41, 5.74) is 1.11. The molecule has 2 heterocycles.